The van der Waals surface area contributed by atoms with Gasteiger partial charge >= 0.3 is 0 Å². The summed E-state index contributed by atoms with van der Waals surface area (Å²) in [5.74, 6) is -0.0686. The fraction of sp³-hybridized carbons (Fsp3) is 0. The van der Waals surface area contributed by atoms with E-state index in [9.17, 15) is 4.79 Å². The van der Waals surface area contributed by atoms with Crippen LogP contribution in [0, 0.1) is 11.3 Å². The van der Waals surface area contributed by atoms with Gasteiger partial charge in [-0.2, -0.15) is 10.4 Å². The highest BCUT2D eigenvalue weighted by Gasteiger charge is 2.12. The van der Waals surface area contributed by atoms with Gasteiger partial charge in [0.2, 0.25) is 0 Å². The molecule has 3 rings (SSSR count). The number of benzene rings is 1. The Kier molecular flexibility index (Phi) is 3.95. The second kappa shape index (κ2) is 6.21. The first-order chi connectivity index (χ1) is 11.2. The lowest BCUT2D eigenvalue weighted by atomic mass is 10.2. The van der Waals surface area contributed by atoms with Crippen LogP contribution in [0.4, 0.5) is 5.69 Å². The van der Waals surface area contributed by atoms with E-state index >= 15 is 0 Å². The second-order valence-electron chi connectivity index (χ2n) is 4.37. The van der Waals surface area contributed by atoms with E-state index in [1.165, 1.54) is 35.5 Å². The number of halogens is 1. The van der Waals surface area contributed by atoms with Gasteiger partial charge in [-0.15, -0.1) is 10.2 Å². The summed E-state index contributed by atoms with van der Waals surface area (Å²) >= 11 is 5.88. The van der Waals surface area contributed by atoms with Gasteiger partial charge in [-0.05, 0) is 30.3 Å². The Morgan fingerprint density at radius 1 is 1.26 bits per heavy atom. The molecule has 23 heavy (non-hydrogen) atoms. The minimum atomic E-state index is -0.499. The number of nitrogens with one attached hydrogen (secondary N) is 1. The molecule has 1 aromatic carbocycles. The van der Waals surface area contributed by atoms with Crippen molar-refractivity contribution in [2.45, 2.75) is 0 Å². The van der Waals surface area contributed by atoms with E-state index in [2.05, 4.69) is 25.6 Å². The van der Waals surface area contributed by atoms with Crippen LogP contribution in [0.1, 0.15) is 16.1 Å². The lowest BCUT2D eigenvalue weighted by molar-refractivity contribution is 0.102. The molecule has 0 spiro atoms. The van der Waals surface area contributed by atoms with Crippen molar-refractivity contribution >= 4 is 23.2 Å². The quantitative estimate of drug-likeness (QED) is 0.786. The average molecular weight is 326 g/mol. The Hall–Kier alpha value is -3.31. The Balaban J connectivity index is 1.82. The fourth-order valence-corrected chi connectivity index (χ4v) is 1.97. The molecule has 0 unspecified atom stereocenters. The van der Waals surface area contributed by atoms with E-state index in [1.807, 2.05) is 6.07 Å². The number of nitriles is 1. The first-order valence-corrected chi connectivity index (χ1v) is 6.75. The molecule has 112 valence electrons. The van der Waals surface area contributed by atoms with Crippen molar-refractivity contribution in [1.29, 1.82) is 5.26 Å². The van der Waals surface area contributed by atoms with Crippen molar-refractivity contribution in [3.63, 3.8) is 0 Å². The van der Waals surface area contributed by atoms with Crippen LogP contribution in [0.25, 0.3) is 5.82 Å². The van der Waals surface area contributed by atoms with Crippen LogP contribution in [0.3, 0.4) is 0 Å². The number of nitrogens with zero attached hydrogens (tertiary/aromatic N) is 6. The normalized spacial score (nSPS) is 10.1. The van der Waals surface area contributed by atoms with Crippen LogP contribution < -0.4 is 5.32 Å². The third-order valence-corrected chi connectivity index (χ3v) is 3.12. The molecule has 0 bridgehead atoms. The summed E-state index contributed by atoms with van der Waals surface area (Å²) in [7, 11) is 0. The van der Waals surface area contributed by atoms with Gasteiger partial charge in [-0.1, -0.05) is 11.6 Å². The summed E-state index contributed by atoms with van der Waals surface area (Å²) in [6.45, 7) is 0. The van der Waals surface area contributed by atoms with Gasteiger partial charge in [0.05, 0.1) is 11.3 Å². The lowest BCUT2D eigenvalue weighted by Crippen LogP contribution is -2.15. The molecule has 0 radical (unpaired) electrons. The van der Waals surface area contributed by atoms with Crippen molar-refractivity contribution in [3.8, 4) is 11.9 Å². The van der Waals surface area contributed by atoms with Crippen molar-refractivity contribution in [2.24, 2.45) is 0 Å². The molecule has 0 fully saturated rings. The number of rotatable bonds is 3. The zero-order valence-corrected chi connectivity index (χ0v) is 12.3. The zero-order chi connectivity index (χ0) is 16.2. The molecule has 9 heteroatoms. The number of amides is 1. The SMILES string of the molecule is N#Cc1ccc(Cl)cc1NC(=O)c1ccc(-n2cncn2)nn1. The van der Waals surface area contributed by atoms with E-state index < -0.39 is 5.91 Å². The van der Waals surface area contributed by atoms with Crippen LogP contribution >= 0.6 is 11.6 Å². The van der Waals surface area contributed by atoms with Gasteiger partial charge in [0.15, 0.2) is 11.5 Å². The van der Waals surface area contributed by atoms with Gasteiger partial charge in [-0.3, -0.25) is 4.79 Å². The first kappa shape index (κ1) is 14.6. The van der Waals surface area contributed by atoms with Gasteiger partial charge in [0.1, 0.15) is 18.7 Å². The monoisotopic (exact) mass is 325 g/mol. The maximum Gasteiger partial charge on any atom is 0.276 e. The number of anilines is 1. The molecule has 0 saturated heterocycles. The number of aromatic nitrogens is 5. The van der Waals surface area contributed by atoms with E-state index in [0.717, 1.165) is 0 Å². The van der Waals surface area contributed by atoms with Gasteiger partial charge in [0.25, 0.3) is 5.91 Å². The van der Waals surface area contributed by atoms with E-state index in [-0.39, 0.29) is 5.69 Å². The Bertz CT molecular complexity index is 884. The highest BCUT2D eigenvalue weighted by Crippen LogP contribution is 2.20. The molecule has 1 amide bonds. The fourth-order valence-electron chi connectivity index (χ4n) is 1.80. The van der Waals surface area contributed by atoms with Crippen molar-refractivity contribution in [1.82, 2.24) is 25.0 Å². The molecule has 1 N–H and O–H groups in total. The topological polar surface area (TPSA) is 109 Å². The molecular weight excluding hydrogens is 318 g/mol. The summed E-state index contributed by atoms with van der Waals surface area (Å²) in [4.78, 5) is 16.0. The maximum absolute atomic E-state index is 12.2. The third-order valence-electron chi connectivity index (χ3n) is 2.89. The van der Waals surface area contributed by atoms with Crippen LogP contribution in [0.15, 0.2) is 43.0 Å². The molecule has 0 atom stereocenters. The maximum atomic E-state index is 12.2. The zero-order valence-electron chi connectivity index (χ0n) is 11.5. The number of hydrogen-bond acceptors (Lipinski definition) is 6. The average Bonchev–Trinajstić information content (AvgIpc) is 3.10. The van der Waals surface area contributed by atoms with Crippen LogP contribution in [-0.2, 0) is 0 Å². The standard InChI is InChI=1S/C14H8ClN7O/c15-10-2-1-9(6-16)12(5-10)19-14(23)11-3-4-13(21-20-11)22-8-17-7-18-22/h1-5,7-8H,(H,19,23). The predicted molar refractivity (Wildman–Crippen MR) is 81.1 cm³/mol. The molecule has 8 nitrogen and oxygen atoms in total. The van der Waals surface area contributed by atoms with E-state index in [1.54, 1.807) is 12.1 Å². The Morgan fingerprint density at radius 3 is 2.78 bits per heavy atom. The largest absolute Gasteiger partial charge is 0.319 e. The Labute approximate surface area is 135 Å². The number of carbonyl (C=O) groups is 1. The molecule has 0 aliphatic rings. The van der Waals surface area contributed by atoms with Crippen molar-refractivity contribution in [3.05, 3.63) is 59.3 Å². The first-order valence-electron chi connectivity index (χ1n) is 6.37. The molecule has 2 aromatic heterocycles. The number of hydrogen-bond donors (Lipinski definition) is 1. The molecule has 2 heterocycles. The third kappa shape index (κ3) is 3.14. The molecule has 0 aliphatic carbocycles. The lowest BCUT2D eigenvalue weighted by Gasteiger charge is -2.07. The summed E-state index contributed by atoms with van der Waals surface area (Å²) < 4.78 is 1.42. The van der Waals surface area contributed by atoms with Crippen LogP contribution in [0.2, 0.25) is 5.02 Å². The van der Waals surface area contributed by atoms with E-state index in [4.69, 9.17) is 16.9 Å². The smallest absolute Gasteiger partial charge is 0.276 e. The number of carbonyl (C=O) groups excluding carboxylic acids is 1. The van der Waals surface area contributed by atoms with Gasteiger partial charge < -0.3 is 5.32 Å². The van der Waals surface area contributed by atoms with E-state index in [0.29, 0.717) is 22.1 Å². The summed E-state index contributed by atoms with van der Waals surface area (Å²) in [5, 5.41) is 23.7. The molecule has 0 aliphatic heterocycles. The molecular formula is C14H8ClN7O. The highest BCUT2D eigenvalue weighted by molar-refractivity contribution is 6.31. The van der Waals surface area contributed by atoms with Crippen molar-refractivity contribution in [2.75, 3.05) is 5.32 Å². The minimum absolute atomic E-state index is 0.0951. The summed E-state index contributed by atoms with van der Waals surface area (Å²) in [6.07, 6.45) is 2.83. The van der Waals surface area contributed by atoms with Crippen molar-refractivity contribution < 1.29 is 4.79 Å². The van der Waals surface area contributed by atoms with Crippen LogP contribution in [-0.4, -0.2) is 30.9 Å². The highest BCUT2D eigenvalue weighted by atomic mass is 35.5. The Morgan fingerprint density at radius 2 is 2.13 bits per heavy atom. The second-order valence-corrected chi connectivity index (χ2v) is 4.81. The minimum Gasteiger partial charge on any atom is -0.319 e. The van der Waals surface area contributed by atoms with Gasteiger partial charge in [-0.25, -0.2) is 9.67 Å². The van der Waals surface area contributed by atoms with Crippen LogP contribution in [0.5, 0.6) is 0 Å². The summed E-state index contributed by atoms with van der Waals surface area (Å²) in [5.41, 5.74) is 0.708. The molecule has 3 aromatic rings. The van der Waals surface area contributed by atoms with Gasteiger partial charge in [0, 0.05) is 5.02 Å². The summed E-state index contributed by atoms with van der Waals surface area (Å²) in [6, 6.07) is 9.65. The predicted octanol–water partition coefficient (Wildman–Crippen LogP) is 1.83. The molecule has 0 saturated carbocycles.